The number of benzene rings is 1. The number of aromatic nitrogens is 3. The highest BCUT2D eigenvalue weighted by molar-refractivity contribution is 5.83. The Labute approximate surface area is 173 Å². The smallest absolute Gasteiger partial charge is 0.351 e. The normalized spacial score (nSPS) is 23.6. The zero-order chi connectivity index (χ0) is 21.5. The van der Waals surface area contributed by atoms with Crippen LogP contribution in [0.5, 0.6) is 0 Å². The molecule has 162 valence electrons. The highest BCUT2D eigenvalue weighted by Crippen LogP contribution is 2.41. The van der Waals surface area contributed by atoms with Crippen molar-refractivity contribution in [2.24, 2.45) is 5.92 Å². The minimum atomic E-state index is -4.37. The number of alkyl halides is 3. The van der Waals surface area contributed by atoms with Crippen LogP contribution in [-0.4, -0.2) is 50.9 Å². The fraction of sp³-hybridized carbons (Fsp3) is 0.571. The molecule has 1 aromatic heterocycles. The van der Waals surface area contributed by atoms with Crippen molar-refractivity contribution in [2.75, 3.05) is 18.4 Å². The molecular formula is C21H26F3N5O. The summed E-state index contributed by atoms with van der Waals surface area (Å²) in [6.45, 7) is 5.03. The third-order valence-corrected chi connectivity index (χ3v) is 6.41. The summed E-state index contributed by atoms with van der Waals surface area (Å²) in [6, 6.07) is 5.95. The fourth-order valence-electron chi connectivity index (χ4n) is 4.52. The summed E-state index contributed by atoms with van der Waals surface area (Å²) in [5.74, 6) is 0.0593. The molecule has 1 N–H and O–H groups in total. The highest BCUT2D eigenvalue weighted by atomic mass is 19.4. The maximum atomic E-state index is 13.5. The van der Waals surface area contributed by atoms with Gasteiger partial charge in [-0.2, -0.15) is 23.3 Å². The van der Waals surface area contributed by atoms with Crippen molar-refractivity contribution in [3.63, 3.8) is 0 Å². The molecule has 30 heavy (non-hydrogen) atoms. The molecule has 0 saturated carbocycles. The summed E-state index contributed by atoms with van der Waals surface area (Å²) in [6.07, 6.45) is -1.95. The van der Waals surface area contributed by atoms with Crippen molar-refractivity contribution in [1.29, 1.82) is 0 Å². The largest absolute Gasteiger partial charge is 0.411 e. The summed E-state index contributed by atoms with van der Waals surface area (Å²) in [5.41, 5.74) is 2.13. The Hall–Kier alpha value is -2.58. The van der Waals surface area contributed by atoms with Crippen LogP contribution in [-0.2, 0) is 4.79 Å². The molecule has 0 spiro atoms. The highest BCUT2D eigenvalue weighted by Gasteiger charge is 2.48. The molecule has 0 radical (unpaired) electrons. The predicted molar refractivity (Wildman–Crippen MR) is 106 cm³/mol. The van der Waals surface area contributed by atoms with Gasteiger partial charge in [-0.1, -0.05) is 29.8 Å². The first kappa shape index (κ1) is 20.7. The average Bonchev–Trinajstić information content (AvgIpc) is 3.20. The number of carbonyl (C=O) groups excluding carboxylic acids is 1. The third kappa shape index (κ3) is 4.02. The number of aryl methyl sites for hydroxylation is 1. The summed E-state index contributed by atoms with van der Waals surface area (Å²) >= 11 is 0. The minimum absolute atomic E-state index is 0.0547. The first-order valence-corrected chi connectivity index (χ1v) is 10.3. The predicted octanol–water partition coefficient (Wildman–Crippen LogP) is 3.92. The Morgan fingerprint density at radius 1 is 1.20 bits per heavy atom. The van der Waals surface area contributed by atoms with Crippen LogP contribution in [0.4, 0.5) is 19.1 Å². The number of carbonyl (C=O) groups is 1. The van der Waals surface area contributed by atoms with E-state index in [9.17, 15) is 18.0 Å². The van der Waals surface area contributed by atoms with E-state index in [4.69, 9.17) is 0 Å². The van der Waals surface area contributed by atoms with Crippen molar-refractivity contribution in [1.82, 2.24) is 19.7 Å². The molecule has 9 heteroatoms. The number of fused-ring (bicyclic) bond motifs is 1. The van der Waals surface area contributed by atoms with Crippen LogP contribution in [0, 0.1) is 12.8 Å². The van der Waals surface area contributed by atoms with Gasteiger partial charge in [0.05, 0.1) is 5.92 Å². The molecule has 1 saturated heterocycles. The number of hydrogen-bond donors (Lipinski definition) is 1. The topological polar surface area (TPSA) is 63.1 Å². The molecule has 1 unspecified atom stereocenters. The zero-order valence-corrected chi connectivity index (χ0v) is 17.1. The van der Waals surface area contributed by atoms with Crippen molar-refractivity contribution in [2.45, 2.75) is 57.3 Å². The lowest BCUT2D eigenvalue weighted by Crippen LogP contribution is -2.47. The van der Waals surface area contributed by atoms with Gasteiger partial charge in [-0.3, -0.25) is 4.79 Å². The van der Waals surface area contributed by atoms with Gasteiger partial charge in [0.1, 0.15) is 6.33 Å². The average molecular weight is 421 g/mol. The van der Waals surface area contributed by atoms with Gasteiger partial charge < -0.3 is 10.2 Å². The quantitative estimate of drug-likeness (QED) is 0.816. The second kappa shape index (κ2) is 7.92. The van der Waals surface area contributed by atoms with E-state index < -0.39 is 12.2 Å². The van der Waals surface area contributed by atoms with Gasteiger partial charge in [0.25, 0.3) is 0 Å². The SMILES string of the molecule is Cc1ccc(C(C)C(=O)N2CCC([C@@H]3C[C@H](C(F)(F)F)n4ncnc4N3)CC2)cc1. The summed E-state index contributed by atoms with van der Waals surface area (Å²) in [4.78, 5) is 18.7. The van der Waals surface area contributed by atoms with Crippen molar-refractivity contribution < 1.29 is 18.0 Å². The van der Waals surface area contributed by atoms with Gasteiger partial charge >= 0.3 is 6.18 Å². The van der Waals surface area contributed by atoms with Crippen LogP contribution >= 0.6 is 0 Å². The number of nitrogens with one attached hydrogen (secondary N) is 1. The Kier molecular flexibility index (Phi) is 5.46. The fourth-order valence-corrected chi connectivity index (χ4v) is 4.52. The van der Waals surface area contributed by atoms with E-state index in [0.717, 1.165) is 22.1 Å². The first-order valence-electron chi connectivity index (χ1n) is 10.3. The third-order valence-electron chi connectivity index (χ3n) is 6.41. The number of anilines is 1. The van der Waals surface area contributed by atoms with Crippen molar-refractivity contribution in [3.05, 3.63) is 41.7 Å². The number of hydrogen-bond acceptors (Lipinski definition) is 4. The van der Waals surface area contributed by atoms with Gasteiger partial charge in [-0.05, 0) is 44.6 Å². The maximum Gasteiger partial charge on any atom is 0.411 e. The van der Waals surface area contributed by atoms with Gasteiger partial charge in [-0.25, -0.2) is 4.68 Å². The minimum Gasteiger partial charge on any atom is -0.351 e. The Morgan fingerprint density at radius 2 is 1.87 bits per heavy atom. The maximum absolute atomic E-state index is 13.5. The molecule has 0 aliphatic carbocycles. The van der Waals surface area contributed by atoms with Crippen molar-refractivity contribution in [3.8, 4) is 0 Å². The van der Waals surface area contributed by atoms with Crippen molar-refractivity contribution >= 4 is 11.9 Å². The summed E-state index contributed by atoms with van der Waals surface area (Å²) in [5, 5.41) is 6.88. The summed E-state index contributed by atoms with van der Waals surface area (Å²) < 4.78 is 41.5. The molecule has 3 atom stereocenters. The molecule has 4 rings (SSSR count). The van der Waals surface area contributed by atoms with Crippen LogP contribution in [0.25, 0.3) is 0 Å². The molecule has 3 heterocycles. The van der Waals surface area contributed by atoms with E-state index in [1.54, 1.807) is 0 Å². The Bertz CT molecular complexity index is 887. The molecule has 2 aliphatic heterocycles. The lowest BCUT2D eigenvalue weighted by molar-refractivity contribution is -0.174. The van der Waals surface area contributed by atoms with E-state index in [1.807, 2.05) is 43.0 Å². The number of rotatable bonds is 3. The van der Waals surface area contributed by atoms with Gasteiger partial charge in [-0.15, -0.1) is 0 Å². The number of likely N-dealkylation sites (tertiary alicyclic amines) is 1. The molecule has 1 amide bonds. The second-order valence-corrected chi connectivity index (χ2v) is 8.37. The first-order chi connectivity index (χ1) is 14.2. The monoisotopic (exact) mass is 421 g/mol. The Morgan fingerprint density at radius 3 is 2.50 bits per heavy atom. The molecular weight excluding hydrogens is 395 g/mol. The van der Waals surface area contributed by atoms with Crippen LogP contribution in [0.2, 0.25) is 0 Å². The Balaban J connectivity index is 1.39. The van der Waals surface area contributed by atoms with E-state index in [1.165, 1.54) is 0 Å². The number of halogens is 3. The molecule has 2 aliphatic rings. The van der Waals surface area contributed by atoms with Crippen LogP contribution in [0.3, 0.4) is 0 Å². The number of piperidine rings is 1. The molecule has 0 bridgehead atoms. The zero-order valence-electron chi connectivity index (χ0n) is 17.1. The molecule has 2 aromatic rings. The van der Waals surface area contributed by atoms with Gasteiger partial charge in [0.2, 0.25) is 11.9 Å². The van der Waals surface area contributed by atoms with E-state index in [0.29, 0.717) is 25.9 Å². The second-order valence-electron chi connectivity index (χ2n) is 8.37. The van der Waals surface area contributed by atoms with Crippen LogP contribution in [0.15, 0.2) is 30.6 Å². The summed E-state index contributed by atoms with van der Waals surface area (Å²) in [7, 11) is 0. The van der Waals surface area contributed by atoms with E-state index in [-0.39, 0.29) is 36.2 Å². The number of amides is 1. The van der Waals surface area contributed by atoms with Crippen LogP contribution in [0.1, 0.15) is 49.3 Å². The molecule has 1 aromatic carbocycles. The van der Waals surface area contributed by atoms with E-state index >= 15 is 0 Å². The van der Waals surface area contributed by atoms with Gasteiger partial charge in [0.15, 0.2) is 6.04 Å². The standard InChI is InChI=1S/C21H26F3N5O/c1-13-3-5-15(6-4-13)14(2)19(30)28-9-7-16(8-10-28)17-11-18(21(22,23)24)29-20(27-17)25-12-26-29/h3-6,12,14,16-18H,7-11H2,1-2H3,(H,25,26,27)/t14?,17-,18+/m0/s1. The lowest BCUT2D eigenvalue weighted by atomic mass is 9.84. The van der Waals surface area contributed by atoms with Crippen LogP contribution < -0.4 is 5.32 Å². The number of nitrogens with zero attached hydrogens (tertiary/aromatic N) is 4. The molecule has 1 fully saturated rings. The van der Waals surface area contributed by atoms with Gasteiger partial charge in [0, 0.05) is 19.1 Å². The lowest BCUT2D eigenvalue weighted by Gasteiger charge is -2.40. The van der Waals surface area contributed by atoms with E-state index in [2.05, 4.69) is 15.4 Å². The molecule has 6 nitrogen and oxygen atoms in total.